The van der Waals surface area contributed by atoms with Crippen LogP contribution in [0.5, 0.6) is 5.88 Å². The number of hydrogen-bond acceptors (Lipinski definition) is 7. The maximum atomic E-state index is 13.0. The first kappa shape index (κ1) is 20.5. The molecule has 1 aliphatic rings. The number of nitrogens with zero attached hydrogens (tertiary/aromatic N) is 3. The maximum Gasteiger partial charge on any atom is 0.226 e. The van der Waals surface area contributed by atoms with Gasteiger partial charge in [-0.1, -0.05) is 35.0 Å². The molecule has 0 amide bonds. The number of aliphatic hydroxyl groups excluding tert-OH is 1. The Morgan fingerprint density at radius 1 is 1.43 bits per heavy atom. The van der Waals surface area contributed by atoms with Crippen LogP contribution in [0.15, 0.2) is 40.4 Å². The van der Waals surface area contributed by atoms with Gasteiger partial charge in [-0.2, -0.15) is 4.91 Å². The molecule has 0 atom stereocenters. The van der Waals surface area contributed by atoms with Gasteiger partial charge in [-0.3, -0.25) is 4.79 Å². The zero-order valence-corrected chi connectivity index (χ0v) is 17.1. The fourth-order valence-electron chi connectivity index (χ4n) is 3.68. The largest absolute Gasteiger partial charge is 0.476 e. The van der Waals surface area contributed by atoms with Gasteiger partial charge in [-0.25, -0.2) is 4.98 Å². The maximum absolute atomic E-state index is 13.0. The molecule has 1 N–H and O–H groups in total. The van der Waals surface area contributed by atoms with E-state index in [0.717, 1.165) is 5.56 Å². The average molecular weight is 430 g/mol. The highest BCUT2D eigenvalue weighted by Gasteiger charge is 2.40. The Labute approximate surface area is 176 Å². The van der Waals surface area contributed by atoms with Gasteiger partial charge >= 0.3 is 0 Å². The van der Waals surface area contributed by atoms with Gasteiger partial charge in [0, 0.05) is 23.2 Å². The lowest BCUT2D eigenvalue weighted by atomic mass is 9.87. The minimum atomic E-state index is -0.510. The molecule has 156 valence electrons. The molecular weight excluding hydrogens is 410 g/mol. The second-order valence-corrected chi connectivity index (χ2v) is 7.73. The molecule has 0 aromatic carbocycles. The predicted octanol–water partition coefficient (Wildman–Crippen LogP) is 2.07. The van der Waals surface area contributed by atoms with E-state index in [4.69, 9.17) is 21.1 Å². The Kier molecular flexibility index (Phi) is 5.55. The van der Waals surface area contributed by atoms with Gasteiger partial charge in [-0.05, 0) is 12.5 Å². The molecule has 0 radical (unpaired) electrons. The Hall–Kier alpha value is -2.81. The number of aliphatic hydroxyl groups is 1. The van der Waals surface area contributed by atoms with Gasteiger partial charge in [0.2, 0.25) is 5.88 Å². The number of aryl methyl sites for hydroxylation is 1. The van der Waals surface area contributed by atoms with E-state index in [-0.39, 0.29) is 36.5 Å². The van der Waals surface area contributed by atoms with E-state index in [9.17, 15) is 14.8 Å². The molecular formula is C21H20ClN3O5. The smallest absolute Gasteiger partial charge is 0.226 e. The first-order valence-corrected chi connectivity index (χ1v) is 9.81. The molecule has 30 heavy (non-hydrogen) atoms. The lowest BCUT2D eigenvalue weighted by Crippen LogP contribution is -2.49. The Bertz CT molecular complexity index is 1270. The Morgan fingerprint density at radius 3 is 2.87 bits per heavy atom. The van der Waals surface area contributed by atoms with E-state index in [1.54, 1.807) is 10.6 Å². The first-order chi connectivity index (χ1) is 14.5. The average Bonchev–Trinajstić information content (AvgIpc) is 2.71. The molecule has 1 aliphatic heterocycles. The summed E-state index contributed by atoms with van der Waals surface area (Å²) in [5.74, 6) is 0.152. The number of rotatable bonds is 6. The first-order valence-electron chi connectivity index (χ1n) is 9.38. The van der Waals surface area contributed by atoms with Crippen molar-refractivity contribution < 1.29 is 14.6 Å². The minimum Gasteiger partial charge on any atom is -0.476 e. The van der Waals surface area contributed by atoms with Gasteiger partial charge < -0.3 is 19.0 Å². The van der Waals surface area contributed by atoms with Gasteiger partial charge in [0.25, 0.3) is 0 Å². The van der Waals surface area contributed by atoms with Gasteiger partial charge in [0.1, 0.15) is 12.0 Å². The van der Waals surface area contributed by atoms with Crippen LogP contribution in [-0.2, 0) is 11.3 Å². The number of nitroso groups, excluding NO2 is 1. The molecule has 0 bridgehead atoms. The van der Waals surface area contributed by atoms with Crippen LogP contribution in [-0.4, -0.2) is 40.9 Å². The molecule has 3 aromatic rings. The molecule has 4 rings (SSSR count). The van der Waals surface area contributed by atoms with E-state index < -0.39 is 5.41 Å². The van der Waals surface area contributed by atoms with Crippen molar-refractivity contribution in [2.75, 3.05) is 26.4 Å². The van der Waals surface area contributed by atoms with Crippen LogP contribution >= 0.6 is 11.6 Å². The zero-order chi connectivity index (χ0) is 21.3. The second kappa shape index (κ2) is 8.14. The number of ether oxygens (including phenoxy) is 2. The zero-order valence-electron chi connectivity index (χ0n) is 16.3. The molecule has 1 saturated heterocycles. The normalized spacial score (nSPS) is 15.9. The molecule has 0 saturated carbocycles. The third-order valence-corrected chi connectivity index (χ3v) is 5.57. The van der Waals surface area contributed by atoms with E-state index in [1.165, 1.54) is 11.6 Å². The van der Waals surface area contributed by atoms with E-state index in [2.05, 4.69) is 10.2 Å². The molecule has 1 fully saturated rings. The van der Waals surface area contributed by atoms with Crippen LogP contribution in [0.3, 0.4) is 0 Å². The molecule has 8 nitrogen and oxygen atoms in total. The lowest BCUT2D eigenvalue weighted by molar-refractivity contribution is -0.125. The topological polar surface area (TPSA) is 102 Å². The summed E-state index contributed by atoms with van der Waals surface area (Å²) in [6.45, 7) is 2.47. The third kappa shape index (κ3) is 3.36. The summed E-state index contributed by atoms with van der Waals surface area (Å²) in [5.41, 5.74) is 2.37. The van der Waals surface area contributed by atoms with Crippen molar-refractivity contribution in [3.05, 3.63) is 62.2 Å². The van der Waals surface area contributed by atoms with Gasteiger partial charge in [0.05, 0.1) is 48.3 Å². The summed E-state index contributed by atoms with van der Waals surface area (Å²) in [7, 11) is 0. The van der Waals surface area contributed by atoms with E-state index >= 15 is 0 Å². The van der Waals surface area contributed by atoms with Crippen molar-refractivity contribution in [3.8, 4) is 5.88 Å². The van der Waals surface area contributed by atoms with Crippen molar-refractivity contribution in [2.24, 2.45) is 10.6 Å². The Morgan fingerprint density at radius 2 is 2.23 bits per heavy atom. The number of halogens is 1. The third-order valence-electron chi connectivity index (χ3n) is 5.36. The highest BCUT2D eigenvalue weighted by atomic mass is 35.5. The standard InChI is InChI=1S/C21H20ClN3O5/c1-13-3-2-4-14-7-23-20(30-12-21(9-24-28)10-29-11-21)18-17(27)5-15(8-26)25(19(14)18)16(13)6-22/h2-7,26H,8-12H2,1H3/b4-2?,13-3?,16-6-. The second-order valence-electron chi connectivity index (χ2n) is 7.51. The van der Waals surface area contributed by atoms with E-state index in [0.29, 0.717) is 35.2 Å². The molecule has 3 aromatic heterocycles. The molecule has 9 heteroatoms. The van der Waals surface area contributed by atoms with Crippen LogP contribution in [0.2, 0.25) is 0 Å². The summed E-state index contributed by atoms with van der Waals surface area (Å²) in [5, 5.41) is 14.5. The number of hydrogen-bond donors (Lipinski definition) is 1. The molecule has 0 unspecified atom stereocenters. The fraction of sp³-hybridized carbons (Fsp3) is 0.333. The highest BCUT2D eigenvalue weighted by molar-refractivity contribution is 6.38. The van der Waals surface area contributed by atoms with Crippen molar-refractivity contribution in [1.82, 2.24) is 9.38 Å². The summed E-state index contributed by atoms with van der Waals surface area (Å²) in [6, 6.07) is 6.93. The highest BCUT2D eigenvalue weighted by Crippen LogP contribution is 2.31. The SMILES string of the molecule is Cc1cccc2cnc(OCC3(CN=O)COC3)c3c(=O)cc(CO)n(/c1=C\Cl)c23. The fourth-order valence-corrected chi connectivity index (χ4v) is 3.95. The van der Waals surface area contributed by atoms with Crippen LogP contribution < -0.4 is 15.5 Å². The van der Waals surface area contributed by atoms with Crippen molar-refractivity contribution in [1.29, 1.82) is 0 Å². The molecule has 0 aliphatic carbocycles. The summed E-state index contributed by atoms with van der Waals surface area (Å²) < 4.78 is 12.9. The van der Waals surface area contributed by atoms with Crippen molar-refractivity contribution in [3.63, 3.8) is 0 Å². The number of pyridine rings is 2. The number of aromatic nitrogens is 2. The predicted molar refractivity (Wildman–Crippen MR) is 113 cm³/mol. The monoisotopic (exact) mass is 429 g/mol. The van der Waals surface area contributed by atoms with Crippen LogP contribution in [0.4, 0.5) is 0 Å². The van der Waals surface area contributed by atoms with Gasteiger partial charge in [0.15, 0.2) is 5.43 Å². The van der Waals surface area contributed by atoms with Crippen molar-refractivity contribution >= 4 is 33.4 Å². The molecule has 0 spiro atoms. The van der Waals surface area contributed by atoms with Crippen LogP contribution in [0.25, 0.3) is 21.8 Å². The summed E-state index contributed by atoms with van der Waals surface area (Å²) in [6.07, 6.45) is 1.60. The van der Waals surface area contributed by atoms with E-state index in [1.807, 2.05) is 25.1 Å². The molecule has 4 heterocycles. The quantitative estimate of drug-likeness (QED) is 0.602. The van der Waals surface area contributed by atoms with Crippen molar-refractivity contribution in [2.45, 2.75) is 13.5 Å². The Balaban J connectivity index is 2.01. The van der Waals surface area contributed by atoms with Gasteiger partial charge in [-0.15, -0.1) is 0 Å². The summed E-state index contributed by atoms with van der Waals surface area (Å²) in [4.78, 5) is 28.1. The lowest BCUT2D eigenvalue weighted by Gasteiger charge is -2.38. The van der Waals surface area contributed by atoms with Crippen LogP contribution in [0, 0.1) is 17.2 Å². The minimum absolute atomic E-state index is 0.0633. The summed E-state index contributed by atoms with van der Waals surface area (Å²) >= 11 is 6.13. The van der Waals surface area contributed by atoms with Crippen LogP contribution in [0.1, 0.15) is 11.3 Å².